The van der Waals surface area contributed by atoms with Gasteiger partial charge < -0.3 is 10.2 Å². The molecule has 0 aliphatic heterocycles. The molecular weight excluding hydrogens is 194 g/mol. The van der Waals surface area contributed by atoms with Gasteiger partial charge in [-0.05, 0) is 20.8 Å². The summed E-state index contributed by atoms with van der Waals surface area (Å²) < 4.78 is 0. The number of nitrogens with one attached hydrogen (secondary N) is 2. The Bertz CT molecular complexity index is 227. The van der Waals surface area contributed by atoms with E-state index in [0.29, 0.717) is 0 Å². The summed E-state index contributed by atoms with van der Waals surface area (Å²) >= 11 is 0. The fourth-order valence-corrected chi connectivity index (χ4v) is 0.901. The van der Waals surface area contributed by atoms with Crippen LogP contribution in [-0.2, 0) is 9.59 Å². The molecular formula is C10H21N3O2. The summed E-state index contributed by atoms with van der Waals surface area (Å²) in [7, 11) is 3.37. The predicted octanol–water partition coefficient (Wildman–Crippen LogP) is -0.423. The lowest BCUT2D eigenvalue weighted by Crippen LogP contribution is -2.47. The number of carbonyl (C=O) groups is 2. The number of nitrogens with zero attached hydrogens (tertiary/aromatic N) is 1. The summed E-state index contributed by atoms with van der Waals surface area (Å²) in [6, 6.07) is -0.234. The minimum atomic E-state index is -0.351. The van der Waals surface area contributed by atoms with Crippen molar-refractivity contribution in [1.82, 2.24) is 15.5 Å². The fourth-order valence-electron chi connectivity index (χ4n) is 0.901. The Morgan fingerprint density at radius 2 is 1.73 bits per heavy atom. The van der Waals surface area contributed by atoms with Gasteiger partial charge >= 0.3 is 0 Å². The molecule has 88 valence electrons. The summed E-state index contributed by atoms with van der Waals surface area (Å²) in [4.78, 5) is 24.1. The van der Waals surface area contributed by atoms with Crippen LogP contribution in [0, 0.1) is 0 Å². The second kappa shape index (κ2) is 6.40. The van der Waals surface area contributed by atoms with Gasteiger partial charge in [0.05, 0.1) is 12.6 Å². The third-order valence-electron chi connectivity index (χ3n) is 1.88. The molecule has 0 aromatic rings. The second-order valence-electron chi connectivity index (χ2n) is 4.05. The first-order chi connectivity index (χ1) is 6.84. The highest BCUT2D eigenvalue weighted by molar-refractivity contribution is 5.83. The molecule has 2 amide bonds. The molecule has 1 atom stereocenters. The van der Waals surface area contributed by atoms with Gasteiger partial charge in [-0.1, -0.05) is 0 Å². The van der Waals surface area contributed by atoms with Crippen LogP contribution in [0.25, 0.3) is 0 Å². The zero-order valence-corrected chi connectivity index (χ0v) is 10.1. The van der Waals surface area contributed by atoms with Crippen LogP contribution in [0.4, 0.5) is 0 Å². The lowest BCUT2D eigenvalue weighted by Gasteiger charge is -2.17. The van der Waals surface area contributed by atoms with E-state index in [2.05, 4.69) is 10.6 Å². The number of rotatable bonds is 5. The molecule has 2 N–H and O–H groups in total. The average molecular weight is 215 g/mol. The van der Waals surface area contributed by atoms with Gasteiger partial charge in [-0.15, -0.1) is 0 Å². The van der Waals surface area contributed by atoms with Crippen LogP contribution in [0.1, 0.15) is 20.8 Å². The number of amides is 2. The number of likely N-dealkylation sites (N-methyl/N-ethyl adjacent to an activating group) is 1. The summed E-state index contributed by atoms with van der Waals surface area (Å²) in [5.41, 5.74) is 0. The average Bonchev–Trinajstić information content (AvgIpc) is 2.12. The van der Waals surface area contributed by atoms with Gasteiger partial charge in [-0.3, -0.25) is 14.9 Å². The van der Waals surface area contributed by atoms with Crippen LogP contribution in [0.15, 0.2) is 0 Å². The zero-order valence-electron chi connectivity index (χ0n) is 10.1. The maximum Gasteiger partial charge on any atom is 0.237 e. The highest BCUT2D eigenvalue weighted by Gasteiger charge is 2.14. The van der Waals surface area contributed by atoms with E-state index in [1.807, 2.05) is 13.8 Å². The van der Waals surface area contributed by atoms with E-state index in [1.54, 1.807) is 21.0 Å². The van der Waals surface area contributed by atoms with Crippen LogP contribution < -0.4 is 10.6 Å². The molecule has 0 spiro atoms. The van der Waals surface area contributed by atoms with E-state index in [0.717, 1.165) is 0 Å². The van der Waals surface area contributed by atoms with E-state index in [9.17, 15) is 9.59 Å². The van der Waals surface area contributed by atoms with E-state index in [-0.39, 0.29) is 30.4 Å². The monoisotopic (exact) mass is 215 g/mol. The van der Waals surface area contributed by atoms with Crippen LogP contribution in [0.3, 0.4) is 0 Å². The minimum Gasteiger partial charge on any atom is -0.353 e. The highest BCUT2D eigenvalue weighted by Crippen LogP contribution is 1.86. The lowest BCUT2D eigenvalue weighted by molar-refractivity contribution is -0.128. The molecule has 0 bridgehead atoms. The molecule has 0 aromatic carbocycles. The molecule has 5 nitrogen and oxygen atoms in total. The van der Waals surface area contributed by atoms with Gasteiger partial charge in [0, 0.05) is 20.1 Å². The minimum absolute atomic E-state index is 0.0424. The summed E-state index contributed by atoms with van der Waals surface area (Å²) in [5.74, 6) is -0.129. The van der Waals surface area contributed by atoms with Gasteiger partial charge in [-0.25, -0.2) is 0 Å². The molecule has 0 heterocycles. The SMILES string of the molecule is CC(C)NC(=O)C(C)NCC(=O)N(C)C. The molecule has 0 radical (unpaired) electrons. The van der Waals surface area contributed by atoms with Crippen molar-refractivity contribution in [2.45, 2.75) is 32.9 Å². The van der Waals surface area contributed by atoms with Gasteiger partial charge in [0.15, 0.2) is 0 Å². The molecule has 0 rings (SSSR count). The first kappa shape index (κ1) is 13.9. The van der Waals surface area contributed by atoms with E-state index < -0.39 is 0 Å². The number of hydrogen-bond acceptors (Lipinski definition) is 3. The molecule has 0 aromatic heterocycles. The van der Waals surface area contributed by atoms with Crippen molar-refractivity contribution < 1.29 is 9.59 Å². The van der Waals surface area contributed by atoms with Gasteiger partial charge in [0.1, 0.15) is 0 Å². The summed E-state index contributed by atoms with van der Waals surface area (Å²) in [6.07, 6.45) is 0. The van der Waals surface area contributed by atoms with Crippen molar-refractivity contribution in [3.8, 4) is 0 Å². The Balaban J connectivity index is 3.88. The normalized spacial score (nSPS) is 12.4. The van der Waals surface area contributed by atoms with Crippen LogP contribution in [0.5, 0.6) is 0 Å². The molecule has 0 fully saturated rings. The van der Waals surface area contributed by atoms with Crippen LogP contribution in [-0.4, -0.2) is 49.4 Å². The van der Waals surface area contributed by atoms with Gasteiger partial charge in [0.2, 0.25) is 11.8 Å². The zero-order chi connectivity index (χ0) is 12.0. The molecule has 0 saturated carbocycles. The summed E-state index contributed by atoms with van der Waals surface area (Å²) in [6.45, 7) is 5.71. The molecule has 15 heavy (non-hydrogen) atoms. The smallest absolute Gasteiger partial charge is 0.237 e. The lowest BCUT2D eigenvalue weighted by atomic mass is 10.3. The quantitative estimate of drug-likeness (QED) is 0.654. The Morgan fingerprint density at radius 3 is 2.13 bits per heavy atom. The maximum absolute atomic E-state index is 11.4. The van der Waals surface area contributed by atoms with Crippen LogP contribution in [0.2, 0.25) is 0 Å². The third kappa shape index (κ3) is 6.06. The molecule has 0 aliphatic carbocycles. The Morgan fingerprint density at radius 1 is 1.20 bits per heavy atom. The molecule has 1 unspecified atom stereocenters. The topological polar surface area (TPSA) is 61.4 Å². The molecule has 0 aliphatic rings. The van der Waals surface area contributed by atoms with Crippen molar-refractivity contribution in [3.63, 3.8) is 0 Å². The molecule has 5 heteroatoms. The second-order valence-corrected chi connectivity index (χ2v) is 4.05. The third-order valence-corrected chi connectivity index (χ3v) is 1.88. The summed E-state index contributed by atoms with van der Waals surface area (Å²) in [5, 5.41) is 5.63. The first-order valence-corrected chi connectivity index (χ1v) is 5.08. The molecule has 0 saturated heterocycles. The highest BCUT2D eigenvalue weighted by atomic mass is 16.2. The Hall–Kier alpha value is -1.10. The Kier molecular flexibility index (Phi) is 5.93. The van der Waals surface area contributed by atoms with Crippen molar-refractivity contribution in [3.05, 3.63) is 0 Å². The van der Waals surface area contributed by atoms with E-state index in [1.165, 1.54) is 4.90 Å². The van der Waals surface area contributed by atoms with Gasteiger partial charge in [0.25, 0.3) is 0 Å². The standard InChI is InChI=1S/C10H21N3O2/c1-7(2)12-10(15)8(3)11-6-9(14)13(4)5/h7-8,11H,6H2,1-5H3,(H,12,15). The van der Waals surface area contributed by atoms with Crippen molar-refractivity contribution in [2.24, 2.45) is 0 Å². The van der Waals surface area contributed by atoms with Gasteiger partial charge in [-0.2, -0.15) is 0 Å². The Labute approximate surface area is 91.2 Å². The van der Waals surface area contributed by atoms with Crippen molar-refractivity contribution in [2.75, 3.05) is 20.6 Å². The number of hydrogen-bond donors (Lipinski definition) is 2. The van der Waals surface area contributed by atoms with Crippen molar-refractivity contribution >= 4 is 11.8 Å². The largest absolute Gasteiger partial charge is 0.353 e. The van der Waals surface area contributed by atoms with E-state index >= 15 is 0 Å². The van der Waals surface area contributed by atoms with E-state index in [4.69, 9.17) is 0 Å². The number of carbonyl (C=O) groups excluding carboxylic acids is 2. The van der Waals surface area contributed by atoms with Crippen LogP contribution >= 0.6 is 0 Å². The maximum atomic E-state index is 11.4. The first-order valence-electron chi connectivity index (χ1n) is 5.08. The predicted molar refractivity (Wildman–Crippen MR) is 59.4 cm³/mol. The van der Waals surface area contributed by atoms with Crippen molar-refractivity contribution in [1.29, 1.82) is 0 Å². The fraction of sp³-hybridized carbons (Fsp3) is 0.800.